The van der Waals surface area contributed by atoms with Gasteiger partial charge in [-0.15, -0.1) is 11.3 Å². The number of anilines is 1. The third-order valence-electron chi connectivity index (χ3n) is 3.45. The normalized spacial score (nSPS) is 15.2. The van der Waals surface area contributed by atoms with Crippen molar-refractivity contribution in [1.82, 2.24) is 0 Å². The Kier molecular flexibility index (Phi) is 3.64. The Bertz CT molecular complexity index is 733. The molecule has 0 spiro atoms. The molecule has 0 radical (unpaired) electrons. The molecule has 20 heavy (non-hydrogen) atoms. The number of sulfonamides is 1. The van der Waals surface area contributed by atoms with Crippen LogP contribution in [0.2, 0.25) is 0 Å². The summed E-state index contributed by atoms with van der Waals surface area (Å²) >= 11 is 4.68. The van der Waals surface area contributed by atoms with E-state index in [4.69, 9.17) is 0 Å². The maximum Gasteiger partial charge on any atom is 0.273 e. The average molecular weight is 372 g/mol. The van der Waals surface area contributed by atoms with Crippen LogP contribution < -0.4 is 4.31 Å². The van der Waals surface area contributed by atoms with Crippen LogP contribution >= 0.6 is 27.3 Å². The SMILES string of the molecule is Cc1cc(S(=O)(=O)N2CCCc3ccccc32)sc1Br. The Hall–Kier alpha value is -0.850. The first-order valence-electron chi connectivity index (χ1n) is 6.37. The summed E-state index contributed by atoms with van der Waals surface area (Å²) in [5.74, 6) is 0. The third kappa shape index (κ3) is 2.29. The number of benzene rings is 1. The summed E-state index contributed by atoms with van der Waals surface area (Å²) in [5, 5.41) is 0. The number of fused-ring (bicyclic) bond motifs is 1. The van der Waals surface area contributed by atoms with E-state index in [9.17, 15) is 8.42 Å². The minimum absolute atomic E-state index is 0.401. The van der Waals surface area contributed by atoms with E-state index in [-0.39, 0.29) is 0 Å². The van der Waals surface area contributed by atoms with E-state index < -0.39 is 10.0 Å². The number of hydrogen-bond acceptors (Lipinski definition) is 3. The van der Waals surface area contributed by atoms with E-state index in [1.807, 2.05) is 31.2 Å². The summed E-state index contributed by atoms with van der Waals surface area (Å²) in [6, 6.07) is 9.48. The maximum atomic E-state index is 12.8. The van der Waals surface area contributed by atoms with Crippen molar-refractivity contribution in [3.63, 3.8) is 0 Å². The van der Waals surface area contributed by atoms with Crippen LogP contribution in [0.3, 0.4) is 0 Å². The largest absolute Gasteiger partial charge is 0.273 e. The molecule has 0 atom stereocenters. The predicted octanol–water partition coefficient (Wildman–Crippen LogP) is 3.96. The fraction of sp³-hybridized carbons (Fsp3) is 0.286. The Labute approximate surface area is 131 Å². The van der Waals surface area contributed by atoms with Gasteiger partial charge in [-0.2, -0.15) is 0 Å². The van der Waals surface area contributed by atoms with Crippen molar-refractivity contribution in [2.24, 2.45) is 0 Å². The Morgan fingerprint density at radius 2 is 2.05 bits per heavy atom. The highest BCUT2D eigenvalue weighted by atomic mass is 79.9. The topological polar surface area (TPSA) is 37.4 Å². The number of hydrogen-bond donors (Lipinski definition) is 0. The number of thiophene rings is 1. The Balaban J connectivity index is 2.09. The van der Waals surface area contributed by atoms with Crippen LogP contribution in [0, 0.1) is 6.92 Å². The quantitative estimate of drug-likeness (QED) is 0.800. The molecule has 0 N–H and O–H groups in total. The van der Waals surface area contributed by atoms with Crippen molar-refractivity contribution in [3.05, 3.63) is 45.2 Å². The van der Waals surface area contributed by atoms with Crippen molar-refractivity contribution in [2.45, 2.75) is 24.0 Å². The predicted molar refractivity (Wildman–Crippen MR) is 86.1 cm³/mol. The van der Waals surface area contributed by atoms with Crippen LogP contribution in [-0.4, -0.2) is 15.0 Å². The lowest BCUT2D eigenvalue weighted by atomic mass is 10.0. The molecule has 0 saturated heterocycles. The molecule has 0 aliphatic carbocycles. The lowest BCUT2D eigenvalue weighted by Crippen LogP contribution is -2.35. The van der Waals surface area contributed by atoms with Gasteiger partial charge in [0.15, 0.2) is 0 Å². The van der Waals surface area contributed by atoms with Gasteiger partial charge >= 0.3 is 0 Å². The van der Waals surface area contributed by atoms with Gasteiger partial charge in [0.2, 0.25) is 0 Å². The second-order valence-electron chi connectivity index (χ2n) is 4.83. The number of para-hydroxylation sites is 1. The van der Waals surface area contributed by atoms with Gasteiger partial charge in [-0.1, -0.05) is 18.2 Å². The first-order chi connectivity index (χ1) is 9.50. The molecule has 3 rings (SSSR count). The fourth-order valence-electron chi connectivity index (χ4n) is 2.42. The maximum absolute atomic E-state index is 12.8. The van der Waals surface area contributed by atoms with Crippen molar-refractivity contribution in [1.29, 1.82) is 0 Å². The molecule has 0 amide bonds. The average Bonchev–Trinajstić information content (AvgIpc) is 2.79. The molecule has 1 aliphatic rings. The molecular weight excluding hydrogens is 358 g/mol. The fourth-order valence-corrected chi connectivity index (χ4v) is 6.30. The summed E-state index contributed by atoms with van der Waals surface area (Å²) in [6.07, 6.45) is 1.80. The van der Waals surface area contributed by atoms with E-state index in [1.54, 1.807) is 10.4 Å². The second-order valence-corrected chi connectivity index (χ2v) is 9.29. The first kappa shape index (κ1) is 14.1. The molecule has 1 aliphatic heterocycles. The molecule has 1 aromatic carbocycles. The summed E-state index contributed by atoms with van der Waals surface area (Å²) in [6.45, 7) is 2.46. The Morgan fingerprint density at radius 1 is 1.30 bits per heavy atom. The van der Waals surface area contributed by atoms with Gasteiger partial charge in [-0.3, -0.25) is 4.31 Å². The van der Waals surface area contributed by atoms with Crippen LogP contribution in [0.4, 0.5) is 5.69 Å². The minimum atomic E-state index is -3.46. The zero-order chi connectivity index (χ0) is 14.3. The molecule has 0 saturated carbocycles. The summed E-state index contributed by atoms with van der Waals surface area (Å²) in [5.41, 5.74) is 2.88. The van der Waals surface area contributed by atoms with Crippen LogP contribution in [0.5, 0.6) is 0 Å². The van der Waals surface area contributed by atoms with Crippen LogP contribution in [0.25, 0.3) is 0 Å². The highest BCUT2D eigenvalue weighted by molar-refractivity contribution is 9.11. The van der Waals surface area contributed by atoms with E-state index in [0.29, 0.717) is 10.8 Å². The van der Waals surface area contributed by atoms with Crippen molar-refractivity contribution >= 4 is 43.0 Å². The van der Waals surface area contributed by atoms with Gasteiger partial charge in [0.05, 0.1) is 9.47 Å². The standard InChI is InChI=1S/C14H14BrNO2S2/c1-10-9-13(19-14(10)15)20(17,18)16-8-4-6-11-5-2-3-7-12(11)16/h2-3,5,7,9H,4,6,8H2,1H3. The van der Waals surface area contributed by atoms with Gasteiger partial charge in [-0.05, 0) is 59.0 Å². The molecule has 0 bridgehead atoms. The molecule has 3 nitrogen and oxygen atoms in total. The zero-order valence-corrected chi connectivity index (χ0v) is 14.2. The zero-order valence-electron chi connectivity index (χ0n) is 11.0. The molecule has 1 aromatic heterocycles. The van der Waals surface area contributed by atoms with Gasteiger partial charge in [0, 0.05) is 6.54 Å². The summed E-state index contributed by atoms with van der Waals surface area (Å²) in [4.78, 5) is 0. The highest BCUT2D eigenvalue weighted by Gasteiger charge is 2.30. The van der Waals surface area contributed by atoms with Crippen molar-refractivity contribution < 1.29 is 8.42 Å². The molecular formula is C14H14BrNO2S2. The van der Waals surface area contributed by atoms with Crippen LogP contribution in [0.1, 0.15) is 17.5 Å². The van der Waals surface area contributed by atoms with Crippen LogP contribution in [-0.2, 0) is 16.4 Å². The number of nitrogens with zero attached hydrogens (tertiary/aromatic N) is 1. The van der Waals surface area contributed by atoms with E-state index in [1.165, 1.54) is 11.3 Å². The van der Waals surface area contributed by atoms with Gasteiger partial charge in [-0.25, -0.2) is 8.42 Å². The van der Waals surface area contributed by atoms with Gasteiger partial charge in [0.1, 0.15) is 4.21 Å². The number of aryl methyl sites for hydroxylation is 2. The monoisotopic (exact) mass is 371 g/mol. The molecule has 0 fully saturated rings. The van der Waals surface area contributed by atoms with Gasteiger partial charge < -0.3 is 0 Å². The molecule has 2 aromatic rings. The lowest BCUT2D eigenvalue weighted by molar-refractivity contribution is 0.588. The molecule has 6 heteroatoms. The van der Waals surface area contributed by atoms with Crippen molar-refractivity contribution in [2.75, 3.05) is 10.8 Å². The smallest absolute Gasteiger partial charge is 0.265 e. The van der Waals surface area contributed by atoms with E-state index in [2.05, 4.69) is 15.9 Å². The molecule has 106 valence electrons. The van der Waals surface area contributed by atoms with Gasteiger partial charge in [0.25, 0.3) is 10.0 Å². The number of halogens is 1. The van der Waals surface area contributed by atoms with Crippen molar-refractivity contribution in [3.8, 4) is 0 Å². The second kappa shape index (κ2) is 5.16. The number of rotatable bonds is 2. The van der Waals surface area contributed by atoms with E-state index in [0.717, 1.165) is 33.4 Å². The molecule has 2 heterocycles. The van der Waals surface area contributed by atoms with E-state index >= 15 is 0 Å². The molecule has 0 unspecified atom stereocenters. The first-order valence-corrected chi connectivity index (χ1v) is 9.41. The third-order valence-corrected chi connectivity index (χ3v) is 7.85. The summed E-state index contributed by atoms with van der Waals surface area (Å²) < 4.78 is 28.5. The van der Waals surface area contributed by atoms with Crippen LogP contribution in [0.15, 0.2) is 38.3 Å². The minimum Gasteiger partial charge on any atom is -0.265 e. The summed E-state index contributed by atoms with van der Waals surface area (Å²) in [7, 11) is -3.46. The highest BCUT2D eigenvalue weighted by Crippen LogP contribution is 2.36. The lowest BCUT2D eigenvalue weighted by Gasteiger charge is -2.29. The Morgan fingerprint density at radius 3 is 2.75 bits per heavy atom.